The van der Waals surface area contributed by atoms with Crippen LogP contribution in [-0.4, -0.2) is 38.5 Å². The van der Waals surface area contributed by atoms with E-state index in [1.54, 1.807) is 12.1 Å². The quantitative estimate of drug-likeness (QED) is 0.220. The fraction of sp³-hybridized carbons (Fsp3) is 0.617. The van der Waals surface area contributed by atoms with Crippen LogP contribution in [0.4, 0.5) is 16.4 Å². The van der Waals surface area contributed by atoms with Gasteiger partial charge < -0.3 is 18.8 Å². The minimum atomic E-state index is -0.398. The molecule has 0 unspecified atom stereocenters. The van der Waals surface area contributed by atoms with Crippen molar-refractivity contribution < 1.29 is 18.7 Å². The molecule has 3 aromatic rings. The van der Waals surface area contributed by atoms with Crippen molar-refractivity contribution in [3.05, 3.63) is 70.4 Å². The van der Waals surface area contributed by atoms with Gasteiger partial charge in [-0.15, -0.1) is 0 Å². The number of allylic oxidation sites excluding steroid dienone is 1. The molecule has 3 saturated carbocycles. The van der Waals surface area contributed by atoms with Gasteiger partial charge in [0.25, 0.3) is 0 Å². The molecule has 5 aliphatic rings. The van der Waals surface area contributed by atoms with Crippen LogP contribution < -0.4 is 15.6 Å². The Labute approximate surface area is 322 Å². The zero-order valence-electron chi connectivity index (χ0n) is 33.3. The van der Waals surface area contributed by atoms with Gasteiger partial charge in [-0.1, -0.05) is 89.8 Å². The lowest BCUT2D eigenvalue weighted by Crippen LogP contribution is -2.51. The van der Waals surface area contributed by atoms with E-state index in [0.717, 1.165) is 65.9 Å². The van der Waals surface area contributed by atoms with Gasteiger partial charge in [0, 0.05) is 36.8 Å². The molecule has 4 aliphatic carbocycles. The van der Waals surface area contributed by atoms with Crippen LogP contribution in [0.1, 0.15) is 105 Å². The van der Waals surface area contributed by atoms with Crippen LogP contribution in [0.5, 0.6) is 0 Å². The Kier molecular flexibility index (Phi) is 10.5. The molecule has 8 rings (SSSR count). The molecule has 290 valence electrons. The molecule has 7 heteroatoms. The maximum absolute atomic E-state index is 13.2. The minimum absolute atomic E-state index is 0.0611. The summed E-state index contributed by atoms with van der Waals surface area (Å²) in [6.07, 6.45) is 15.8. The second-order valence-electron chi connectivity index (χ2n) is 18.5. The van der Waals surface area contributed by atoms with E-state index in [-0.39, 0.29) is 16.9 Å². The number of nitrogens with zero attached hydrogens (tertiary/aromatic N) is 1. The maximum atomic E-state index is 13.2. The molecule has 1 aliphatic heterocycles. The van der Waals surface area contributed by atoms with Gasteiger partial charge in [-0.3, -0.25) is 10.1 Å². The van der Waals surface area contributed by atoms with Gasteiger partial charge in [0.05, 0.1) is 18.6 Å². The summed E-state index contributed by atoms with van der Waals surface area (Å²) >= 11 is 0. The van der Waals surface area contributed by atoms with Gasteiger partial charge in [0.2, 0.25) is 0 Å². The zero-order chi connectivity index (χ0) is 37.6. The Balaban J connectivity index is 0.893. The average Bonchev–Trinajstić information content (AvgIpc) is 3.52. The highest BCUT2D eigenvalue weighted by Crippen LogP contribution is 2.67. The molecular weight excluding hydrogens is 673 g/mol. The van der Waals surface area contributed by atoms with Crippen molar-refractivity contribution in [2.75, 3.05) is 36.5 Å². The van der Waals surface area contributed by atoms with Crippen molar-refractivity contribution in [1.82, 2.24) is 0 Å². The van der Waals surface area contributed by atoms with E-state index in [9.17, 15) is 9.59 Å². The first-order chi connectivity index (χ1) is 26.0. The van der Waals surface area contributed by atoms with Crippen molar-refractivity contribution in [2.45, 2.75) is 111 Å². The summed E-state index contributed by atoms with van der Waals surface area (Å²) < 4.78 is 17.9. The predicted molar refractivity (Wildman–Crippen MR) is 218 cm³/mol. The van der Waals surface area contributed by atoms with E-state index in [1.165, 1.54) is 56.9 Å². The summed E-state index contributed by atoms with van der Waals surface area (Å²) in [6.45, 7) is 15.1. The number of nitrogens with one attached hydrogen (secondary N) is 1. The predicted octanol–water partition coefficient (Wildman–Crippen LogP) is 11.3. The van der Waals surface area contributed by atoms with E-state index in [0.29, 0.717) is 54.3 Å². The molecule has 1 amide bonds. The van der Waals surface area contributed by atoms with Crippen LogP contribution in [0, 0.1) is 46.3 Å². The molecular formula is C47H62N2O5. The molecule has 0 radical (unpaired) electrons. The Morgan fingerprint density at radius 2 is 1.76 bits per heavy atom. The smallest absolute Gasteiger partial charge is 0.411 e. The first-order valence-corrected chi connectivity index (χ1v) is 21.2. The van der Waals surface area contributed by atoms with E-state index < -0.39 is 6.09 Å². The van der Waals surface area contributed by atoms with E-state index in [4.69, 9.17) is 13.9 Å². The molecule has 2 aromatic carbocycles. The first kappa shape index (κ1) is 37.3. The van der Waals surface area contributed by atoms with Gasteiger partial charge in [-0.25, -0.2) is 4.79 Å². The summed E-state index contributed by atoms with van der Waals surface area (Å²) in [5, 5.41) is 3.53. The molecule has 0 spiro atoms. The highest BCUT2D eigenvalue weighted by molar-refractivity contribution is 5.93. The Hall–Kier alpha value is -3.58. The number of hydrogen-bond donors (Lipinski definition) is 1. The fourth-order valence-corrected chi connectivity index (χ4v) is 12.1. The number of amides is 1. The lowest BCUT2D eigenvalue weighted by Gasteiger charge is -2.58. The topological polar surface area (TPSA) is 81.0 Å². The Bertz CT molecular complexity index is 1910. The molecule has 1 aromatic heterocycles. The molecule has 0 bridgehead atoms. The monoisotopic (exact) mass is 734 g/mol. The highest BCUT2D eigenvalue weighted by atomic mass is 16.6. The summed E-state index contributed by atoms with van der Waals surface area (Å²) in [6, 6.07) is 14.9. The molecule has 4 fully saturated rings. The van der Waals surface area contributed by atoms with Crippen molar-refractivity contribution in [2.24, 2.45) is 46.3 Å². The third kappa shape index (κ3) is 7.03. The van der Waals surface area contributed by atoms with Crippen molar-refractivity contribution in [3.63, 3.8) is 0 Å². The van der Waals surface area contributed by atoms with Crippen LogP contribution in [0.15, 0.2) is 69.4 Å². The number of benzene rings is 2. The number of ether oxygens (including phenoxy) is 2. The molecule has 54 heavy (non-hydrogen) atoms. The number of morpholine rings is 1. The van der Waals surface area contributed by atoms with Crippen LogP contribution in [-0.2, 0) is 9.47 Å². The van der Waals surface area contributed by atoms with Gasteiger partial charge in [-0.05, 0) is 115 Å². The molecule has 8 atom stereocenters. The molecule has 2 heterocycles. The first-order valence-electron chi connectivity index (χ1n) is 21.2. The third-order valence-corrected chi connectivity index (χ3v) is 15.0. The van der Waals surface area contributed by atoms with Gasteiger partial charge >= 0.3 is 6.09 Å². The second kappa shape index (κ2) is 15.2. The Morgan fingerprint density at radius 1 is 0.963 bits per heavy atom. The van der Waals surface area contributed by atoms with Gasteiger partial charge in [0.15, 0.2) is 11.3 Å². The summed E-state index contributed by atoms with van der Waals surface area (Å²) in [4.78, 5) is 28.4. The Morgan fingerprint density at radius 3 is 2.54 bits per heavy atom. The minimum Gasteiger partial charge on any atom is -0.446 e. The lowest BCUT2D eigenvalue weighted by molar-refractivity contribution is -0.0577. The third-order valence-electron chi connectivity index (χ3n) is 15.0. The lowest BCUT2D eigenvalue weighted by atomic mass is 9.47. The van der Waals surface area contributed by atoms with Gasteiger partial charge in [-0.2, -0.15) is 0 Å². The van der Waals surface area contributed by atoms with Crippen molar-refractivity contribution >= 4 is 28.6 Å². The van der Waals surface area contributed by atoms with E-state index >= 15 is 0 Å². The second-order valence-corrected chi connectivity index (χ2v) is 18.5. The fourth-order valence-electron chi connectivity index (χ4n) is 12.1. The largest absolute Gasteiger partial charge is 0.446 e. The van der Waals surface area contributed by atoms with E-state index in [2.05, 4.69) is 50.9 Å². The number of para-hydroxylation sites is 1. The van der Waals surface area contributed by atoms with Crippen LogP contribution in [0.3, 0.4) is 0 Å². The van der Waals surface area contributed by atoms with Gasteiger partial charge in [0.1, 0.15) is 11.7 Å². The number of hydrogen-bond acceptors (Lipinski definition) is 6. The average molecular weight is 735 g/mol. The molecule has 7 nitrogen and oxygen atoms in total. The number of rotatable bonds is 9. The van der Waals surface area contributed by atoms with Crippen LogP contribution >= 0.6 is 0 Å². The van der Waals surface area contributed by atoms with Crippen molar-refractivity contribution in [1.29, 1.82) is 0 Å². The maximum Gasteiger partial charge on any atom is 0.411 e. The number of anilines is 2. The van der Waals surface area contributed by atoms with Crippen LogP contribution in [0.2, 0.25) is 0 Å². The summed E-state index contributed by atoms with van der Waals surface area (Å²) in [5.74, 6) is 5.48. The molecule has 1 saturated heterocycles. The normalized spacial score (nSPS) is 31.3. The summed E-state index contributed by atoms with van der Waals surface area (Å²) in [5.41, 5.74) is 5.18. The van der Waals surface area contributed by atoms with Crippen LogP contribution in [0.25, 0.3) is 22.1 Å². The van der Waals surface area contributed by atoms with Crippen molar-refractivity contribution in [3.8, 4) is 11.1 Å². The highest BCUT2D eigenvalue weighted by Gasteiger charge is 2.59. The number of carbonyl (C=O) groups excluding carboxylic acids is 1. The number of carbonyl (C=O) groups is 1. The summed E-state index contributed by atoms with van der Waals surface area (Å²) in [7, 11) is 0. The van der Waals surface area contributed by atoms with E-state index in [1.807, 2.05) is 36.4 Å². The standard InChI is InChI=1S/C47H62N2O5/c1-30(2)8-6-9-31(3)39-18-19-40-37-17-14-33-28-35(20-22-46(33,4)41(37)21-23-47(39,40)5)53-45(51)48-34-15-12-32(13-16-34)36-10-7-11-38-42(50)29-43(54-44(36)38)49-24-26-52-27-25-49/h7,10-16,29-31,35,37,39-41H,6,8-9,17-28H2,1-5H3,(H,48,51)/t31-,35+,37+,39-,40+,41+,46+,47-/m1/s1. The zero-order valence-corrected chi connectivity index (χ0v) is 33.3. The SMILES string of the molecule is CC(C)CCC[C@@H](C)[C@H]1CC[C@H]2[C@@H]3CC=C4C[C@@H](OC(=O)Nc5ccc(-c6cccc7c(=O)cc(N8CCOCC8)oc67)cc5)CC[C@]4(C)[C@H]3CC[C@]12C. The number of fused-ring (bicyclic) bond motifs is 6. The molecule has 1 N–H and O–H groups in total.